The Balaban J connectivity index is 2.64. The molecule has 0 aromatic heterocycles. The summed E-state index contributed by atoms with van der Waals surface area (Å²) in [6.45, 7) is 5.78. The Morgan fingerprint density at radius 3 is 2.22 bits per heavy atom. The number of hydrogen-bond acceptors (Lipinski definition) is 3. The van der Waals surface area contributed by atoms with Gasteiger partial charge in [-0.05, 0) is 44.5 Å². The van der Waals surface area contributed by atoms with Gasteiger partial charge in [0.2, 0.25) is 0 Å². The normalized spacial score (nSPS) is 12.1. The molecular weight excluding hydrogens is 230 g/mol. The summed E-state index contributed by atoms with van der Waals surface area (Å²) in [5.74, 6) is 1.35. The highest BCUT2D eigenvalue weighted by Crippen LogP contribution is 2.18. The number of benzene rings is 1. The molecule has 4 nitrogen and oxygen atoms in total. The van der Waals surface area contributed by atoms with Crippen LogP contribution in [0.25, 0.3) is 0 Å². The van der Waals surface area contributed by atoms with Crippen LogP contribution >= 0.6 is 0 Å². The Bertz CT molecular complexity index is 373. The van der Waals surface area contributed by atoms with Gasteiger partial charge in [0.1, 0.15) is 11.5 Å². The molecule has 0 fully saturated rings. The van der Waals surface area contributed by atoms with Crippen molar-refractivity contribution in [2.45, 2.75) is 39.3 Å². The van der Waals surface area contributed by atoms with Gasteiger partial charge in [0.15, 0.2) is 6.10 Å². The highest BCUT2D eigenvalue weighted by atomic mass is 16.5. The number of carbonyl (C=O) groups excluding carboxylic acids is 1. The van der Waals surface area contributed by atoms with Crippen molar-refractivity contribution in [3.8, 4) is 11.5 Å². The predicted octanol–water partition coefficient (Wildman–Crippen LogP) is 2.38. The second-order valence-electron chi connectivity index (χ2n) is 4.35. The lowest BCUT2D eigenvalue weighted by molar-refractivity contribution is -0.128. The van der Waals surface area contributed by atoms with Gasteiger partial charge in [0, 0.05) is 6.04 Å². The van der Waals surface area contributed by atoms with Gasteiger partial charge in [-0.25, -0.2) is 0 Å². The molecule has 0 saturated heterocycles. The highest BCUT2D eigenvalue weighted by Gasteiger charge is 2.18. The van der Waals surface area contributed by atoms with Gasteiger partial charge in [-0.3, -0.25) is 4.79 Å². The number of amides is 1. The maximum atomic E-state index is 11.9. The van der Waals surface area contributed by atoms with E-state index >= 15 is 0 Å². The summed E-state index contributed by atoms with van der Waals surface area (Å²) >= 11 is 0. The molecule has 1 N–H and O–H groups in total. The van der Waals surface area contributed by atoms with Crippen LogP contribution in [0.1, 0.15) is 27.2 Å². The predicted molar refractivity (Wildman–Crippen MR) is 71.0 cm³/mol. The van der Waals surface area contributed by atoms with Crippen molar-refractivity contribution in [2.24, 2.45) is 0 Å². The summed E-state index contributed by atoms with van der Waals surface area (Å²) in [6, 6.07) is 7.32. The van der Waals surface area contributed by atoms with E-state index in [1.807, 2.05) is 32.9 Å². The average Bonchev–Trinajstić information content (AvgIpc) is 2.35. The molecule has 0 spiro atoms. The summed E-state index contributed by atoms with van der Waals surface area (Å²) in [6.07, 6.45) is 0.172. The van der Waals surface area contributed by atoms with E-state index in [9.17, 15) is 4.79 Å². The summed E-state index contributed by atoms with van der Waals surface area (Å²) in [7, 11) is 1.61. The third kappa shape index (κ3) is 4.28. The van der Waals surface area contributed by atoms with Gasteiger partial charge >= 0.3 is 0 Å². The van der Waals surface area contributed by atoms with Gasteiger partial charge in [-0.2, -0.15) is 0 Å². The van der Waals surface area contributed by atoms with Crippen molar-refractivity contribution in [2.75, 3.05) is 7.11 Å². The lowest BCUT2D eigenvalue weighted by Crippen LogP contribution is -2.41. The largest absolute Gasteiger partial charge is 0.497 e. The summed E-state index contributed by atoms with van der Waals surface area (Å²) in [5, 5.41) is 2.85. The Labute approximate surface area is 108 Å². The van der Waals surface area contributed by atoms with Crippen molar-refractivity contribution in [3.63, 3.8) is 0 Å². The molecule has 1 aromatic rings. The van der Waals surface area contributed by atoms with Gasteiger partial charge in [-0.1, -0.05) is 6.92 Å². The standard InChI is InChI=1S/C14H21NO3/c1-5-13(14(16)15-10(2)3)18-12-8-6-11(17-4)7-9-12/h6-10,13H,5H2,1-4H3,(H,15,16). The fourth-order valence-corrected chi connectivity index (χ4v) is 1.52. The zero-order chi connectivity index (χ0) is 13.5. The number of hydrogen-bond donors (Lipinski definition) is 1. The molecule has 1 atom stereocenters. The third-order valence-corrected chi connectivity index (χ3v) is 2.43. The van der Waals surface area contributed by atoms with E-state index in [-0.39, 0.29) is 11.9 Å². The van der Waals surface area contributed by atoms with Crippen LogP contribution in [0.5, 0.6) is 11.5 Å². The van der Waals surface area contributed by atoms with Gasteiger partial charge in [0.05, 0.1) is 7.11 Å². The number of rotatable bonds is 6. The Hall–Kier alpha value is -1.71. The van der Waals surface area contributed by atoms with Crippen LogP contribution in [0.4, 0.5) is 0 Å². The first kappa shape index (κ1) is 14.4. The van der Waals surface area contributed by atoms with Crippen LogP contribution in [0, 0.1) is 0 Å². The molecule has 1 amide bonds. The van der Waals surface area contributed by atoms with Crippen LogP contribution in [0.2, 0.25) is 0 Å². The van der Waals surface area contributed by atoms with Crippen LogP contribution in [0.3, 0.4) is 0 Å². The molecule has 0 heterocycles. The summed E-state index contributed by atoms with van der Waals surface area (Å²) < 4.78 is 10.7. The maximum absolute atomic E-state index is 11.9. The second-order valence-corrected chi connectivity index (χ2v) is 4.35. The fraction of sp³-hybridized carbons (Fsp3) is 0.500. The molecular formula is C14H21NO3. The number of nitrogens with one attached hydrogen (secondary N) is 1. The maximum Gasteiger partial charge on any atom is 0.261 e. The van der Waals surface area contributed by atoms with E-state index in [0.717, 1.165) is 5.75 Å². The smallest absolute Gasteiger partial charge is 0.261 e. The monoisotopic (exact) mass is 251 g/mol. The fourth-order valence-electron chi connectivity index (χ4n) is 1.52. The third-order valence-electron chi connectivity index (χ3n) is 2.43. The summed E-state index contributed by atoms with van der Waals surface area (Å²) in [4.78, 5) is 11.9. The molecule has 0 aliphatic heterocycles. The molecule has 0 aliphatic carbocycles. The Kier molecular flexibility index (Phi) is 5.49. The lowest BCUT2D eigenvalue weighted by atomic mass is 10.2. The first-order chi connectivity index (χ1) is 8.56. The summed E-state index contributed by atoms with van der Waals surface area (Å²) in [5.41, 5.74) is 0. The van der Waals surface area contributed by atoms with Crippen molar-refractivity contribution < 1.29 is 14.3 Å². The Morgan fingerprint density at radius 2 is 1.78 bits per heavy atom. The zero-order valence-corrected chi connectivity index (χ0v) is 11.4. The molecule has 18 heavy (non-hydrogen) atoms. The van der Waals surface area contributed by atoms with E-state index in [4.69, 9.17) is 9.47 Å². The van der Waals surface area contributed by atoms with E-state index in [2.05, 4.69) is 5.32 Å². The van der Waals surface area contributed by atoms with Crippen molar-refractivity contribution in [1.29, 1.82) is 0 Å². The first-order valence-electron chi connectivity index (χ1n) is 6.18. The minimum atomic E-state index is -0.458. The molecule has 0 aliphatic rings. The molecule has 0 saturated carbocycles. The molecule has 1 unspecified atom stereocenters. The van der Waals surface area contributed by atoms with E-state index in [0.29, 0.717) is 12.2 Å². The topological polar surface area (TPSA) is 47.6 Å². The quantitative estimate of drug-likeness (QED) is 0.844. The minimum absolute atomic E-state index is 0.0803. The van der Waals surface area contributed by atoms with Crippen LogP contribution < -0.4 is 14.8 Å². The second kappa shape index (κ2) is 6.89. The molecule has 1 rings (SSSR count). The lowest BCUT2D eigenvalue weighted by Gasteiger charge is -2.18. The highest BCUT2D eigenvalue weighted by molar-refractivity contribution is 5.81. The van der Waals surface area contributed by atoms with Crippen molar-refractivity contribution in [1.82, 2.24) is 5.32 Å². The van der Waals surface area contributed by atoms with Gasteiger partial charge in [0.25, 0.3) is 5.91 Å². The van der Waals surface area contributed by atoms with Crippen LogP contribution in [-0.4, -0.2) is 25.2 Å². The molecule has 100 valence electrons. The SMILES string of the molecule is CCC(Oc1ccc(OC)cc1)C(=O)NC(C)C. The number of carbonyl (C=O) groups is 1. The van der Waals surface area contributed by atoms with Crippen molar-refractivity contribution >= 4 is 5.91 Å². The molecule has 4 heteroatoms. The number of methoxy groups -OCH3 is 1. The van der Waals surface area contributed by atoms with Gasteiger partial charge < -0.3 is 14.8 Å². The molecule has 0 bridgehead atoms. The molecule has 0 radical (unpaired) electrons. The van der Waals surface area contributed by atoms with Crippen LogP contribution in [-0.2, 0) is 4.79 Å². The zero-order valence-electron chi connectivity index (χ0n) is 11.4. The van der Waals surface area contributed by atoms with E-state index in [1.54, 1.807) is 19.2 Å². The number of ether oxygens (including phenoxy) is 2. The Morgan fingerprint density at radius 1 is 1.22 bits per heavy atom. The van der Waals surface area contributed by atoms with Crippen LogP contribution in [0.15, 0.2) is 24.3 Å². The van der Waals surface area contributed by atoms with Gasteiger partial charge in [-0.15, -0.1) is 0 Å². The molecule has 1 aromatic carbocycles. The average molecular weight is 251 g/mol. The van der Waals surface area contributed by atoms with Crippen molar-refractivity contribution in [3.05, 3.63) is 24.3 Å². The minimum Gasteiger partial charge on any atom is -0.497 e. The first-order valence-corrected chi connectivity index (χ1v) is 6.18. The van der Waals surface area contributed by atoms with E-state index < -0.39 is 6.10 Å². The van der Waals surface area contributed by atoms with E-state index in [1.165, 1.54) is 0 Å².